The van der Waals surface area contributed by atoms with Crippen molar-refractivity contribution < 1.29 is 13.2 Å². The van der Waals surface area contributed by atoms with Gasteiger partial charge in [-0.3, -0.25) is 0 Å². The summed E-state index contributed by atoms with van der Waals surface area (Å²) in [5.74, 6) is -1.11. The van der Waals surface area contributed by atoms with Crippen molar-refractivity contribution in [3.63, 3.8) is 0 Å². The predicted octanol–water partition coefficient (Wildman–Crippen LogP) is 2.54. The molecule has 0 saturated heterocycles. The molecule has 0 radical (unpaired) electrons. The molecule has 1 N–H and O–H groups in total. The number of rotatable bonds is 3. The molecule has 0 aromatic carbocycles. The fraction of sp³-hybridized carbons (Fsp3) is 0.429. The molecule has 0 fully saturated rings. The van der Waals surface area contributed by atoms with Crippen molar-refractivity contribution in [2.24, 2.45) is 0 Å². The summed E-state index contributed by atoms with van der Waals surface area (Å²) < 4.78 is 39.3. The lowest BCUT2D eigenvalue weighted by Gasteiger charge is -2.05. The maximum atomic E-state index is 12.1. The number of alkyl halides is 3. The Morgan fingerprint density at radius 3 is 2.64 bits per heavy atom. The van der Waals surface area contributed by atoms with Crippen LogP contribution >= 0.6 is 11.5 Å². The van der Waals surface area contributed by atoms with Gasteiger partial charge in [0.25, 0.3) is 0 Å². The van der Waals surface area contributed by atoms with E-state index in [-0.39, 0.29) is 11.2 Å². The predicted molar refractivity (Wildman–Crippen MR) is 48.2 cm³/mol. The molecule has 3 nitrogen and oxygen atoms in total. The first-order valence-corrected chi connectivity index (χ1v) is 4.51. The van der Waals surface area contributed by atoms with Gasteiger partial charge in [0.15, 0.2) is 0 Å². The van der Waals surface area contributed by atoms with Gasteiger partial charge in [-0.25, -0.2) is 0 Å². The average Bonchev–Trinajstić information content (AvgIpc) is 2.51. The normalized spacial score (nSPS) is 13.7. The first-order chi connectivity index (χ1) is 6.43. The minimum Gasteiger partial charge on any atom is -0.354 e. The van der Waals surface area contributed by atoms with Crippen molar-refractivity contribution in [1.29, 1.82) is 0 Å². The van der Waals surface area contributed by atoms with Crippen molar-refractivity contribution in [1.82, 2.24) is 9.36 Å². The Bertz CT molecular complexity index is 320. The van der Waals surface area contributed by atoms with Crippen molar-refractivity contribution >= 4 is 16.7 Å². The molecule has 1 aromatic rings. The van der Waals surface area contributed by atoms with Gasteiger partial charge in [-0.15, -0.1) is 6.58 Å². The fourth-order valence-electron chi connectivity index (χ4n) is 0.651. The van der Waals surface area contributed by atoms with Crippen LogP contribution < -0.4 is 5.32 Å². The van der Waals surface area contributed by atoms with Gasteiger partial charge in [-0.1, -0.05) is 6.08 Å². The monoisotopic (exact) mass is 223 g/mol. The van der Waals surface area contributed by atoms with E-state index in [2.05, 4.69) is 21.3 Å². The number of nitrogens with one attached hydrogen (secondary N) is 1. The van der Waals surface area contributed by atoms with Crippen LogP contribution in [0.5, 0.6) is 0 Å². The molecule has 1 atom stereocenters. The fourth-order valence-corrected chi connectivity index (χ4v) is 1.33. The van der Waals surface area contributed by atoms with Gasteiger partial charge in [0, 0.05) is 17.6 Å². The Balaban J connectivity index is 2.73. The maximum Gasteiger partial charge on any atom is 0.452 e. The molecular formula is C7H8F3N3S. The van der Waals surface area contributed by atoms with E-state index < -0.39 is 12.0 Å². The highest BCUT2D eigenvalue weighted by Gasteiger charge is 2.36. The molecule has 0 spiro atoms. The zero-order valence-electron chi connectivity index (χ0n) is 7.30. The van der Waals surface area contributed by atoms with Crippen LogP contribution in [-0.2, 0) is 6.18 Å². The quantitative estimate of drug-likeness (QED) is 0.800. The summed E-state index contributed by atoms with van der Waals surface area (Å²) in [6.07, 6.45) is -2.91. The van der Waals surface area contributed by atoms with E-state index in [4.69, 9.17) is 0 Å². The van der Waals surface area contributed by atoms with Crippen LogP contribution in [0, 0.1) is 0 Å². The van der Waals surface area contributed by atoms with E-state index in [0.29, 0.717) is 11.5 Å². The maximum absolute atomic E-state index is 12.1. The van der Waals surface area contributed by atoms with E-state index in [0.717, 1.165) is 0 Å². The Hall–Kier alpha value is -1.11. The zero-order chi connectivity index (χ0) is 10.8. The van der Waals surface area contributed by atoms with Crippen molar-refractivity contribution in [2.45, 2.75) is 19.1 Å². The van der Waals surface area contributed by atoms with Crippen LogP contribution in [0.15, 0.2) is 12.7 Å². The van der Waals surface area contributed by atoms with Gasteiger partial charge in [0.2, 0.25) is 11.0 Å². The molecule has 0 aliphatic rings. The van der Waals surface area contributed by atoms with Gasteiger partial charge in [0.1, 0.15) is 0 Å². The molecule has 0 saturated carbocycles. The molecule has 0 amide bonds. The average molecular weight is 223 g/mol. The summed E-state index contributed by atoms with van der Waals surface area (Å²) in [5.41, 5.74) is 0. The Morgan fingerprint density at radius 1 is 1.57 bits per heavy atom. The van der Waals surface area contributed by atoms with Crippen molar-refractivity contribution in [3.8, 4) is 0 Å². The second-order valence-corrected chi connectivity index (χ2v) is 3.34. The molecular weight excluding hydrogens is 215 g/mol. The molecule has 0 aliphatic carbocycles. The minimum absolute atomic E-state index is 0.135. The molecule has 1 unspecified atom stereocenters. The van der Waals surface area contributed by atoms with Crippen LogP contribution in [0.1, 0.15) is 12.7 Å². The molecule has 0 bridgehead atoms. The summed E-state index contributed by atoms with van der Waals surface area (Å²) in [6.45, 7) is 5.24. The number of aromatic nitrogens is 2. The molecule has 78 valence electrons. The zero-order valence-corrected chi connectivity index (χ0v) is 8.11. The van der Waals surface area contributed by atoms with Crippen LogP contribution in [0.2, 0.25) is 0 Å². The summed E-state index contributed by atoms with van der Waals surface area (Å²) in [7, 11) is 0. The third-order valence-electron chi connectivity index (χ3n) is 1.38. The summed E-state index contributed by atoms with van der Waals surface area (Å²) in [4.78, 5) is 3.29. The Morgan fingerprint density at radius 2 is 2.21 bits per heavy atom. The molecule has 1 rings (SSSR count). The van der Waals surface area contributed by atoms with Crippen LogP contribution in [0.4, 0.5) is 18.3 Å². The van der Waals surface area contributed by atoms with Crippen LogP contribution in [-0.4, -0.2) is 15.4 Å². The van der Waals surface area contributed by atoms with Crippen molar-refractivity contribution in [2.75, 3.05) is 5.32 Å². The third kappa shape index (κ3) is 2.69. The molecule has 14 heavy (non-hydrogen) atoms. The van der Waals surface area contributed by atoms with Gasteiger partial charge in [0.05, 0.1) is 0 Å². The number of anilines is 1. The van der Waals surface area contributed by atoms with Crippen LogP contribution in [0.3, 0.4) is 0 Å². The number of halogens is 3. The lowest BCUT2D eigenvalue weighted by molar-refractivity contribution is -0.144. The number of hydrogen-bond acceptors (Lipinski definition) is 4. The Kier molecular flexibility index (Phi) is 3.10. The molecule has 1 aromatic heterocycles. The van der Waals surface area contributed by atoms with E-state index in [9.17, 15) is 13.2 Å². The SMILES string of the molecule is C=CC(C)Nc1nc(C(F)(F)F)ns1. The van der Waals surface area contributed by atoms with Gasteiger partial charge >= 0.3 is 6.18 Å². The number of nitrogens with zero attached hydrogens (tertiary/aromatic N) is 2. The smallest absolute Gasteiger partial charge is 0.354 e. The standard InChI is InChI=1S/C7H8F3N3S/c1-3-4(2)11-6-12-5(13-14-6)7(8,9)10/h3-4H,1H2,2H3,(H,11,12,13). The second-order valence-electron chi connectivity index (χ2n) is 2.59. The summed E-state index contributed by atoms with van der Waals surface area (Å²) in [6, 6.07) is -0.135. The van der Waals surface area contributed by atoms with E-state index in [1.54, 1.807) is 13.0 Å². The van der Waals surface area contributed by atoms with Crippen LogP contribution in [0.25, 0.3) is 0 Å². The third-order valence-corrected chi connectivity index (χ3v) is 2.03. The first-order valence-electron chi connectivity index (χ1n) is 3.73. The lowest BCUT2D eigenvalue weighted by Crippen LogP contribution is -2.12. The van der Waals surface area contributed by atoms with Crippen molar-refractivity contribution in [3.05, 3.63) is 18.5 Å². The van der Waals surface area contributed by atoms with E-state index in [1.165, 1.54) is 0 Å². The summed E-state index contributed by atoms with van der Waals surface area (Å²) >= 11 is 0.680. The number of hydrogen-bond donors (Lipinski definition) is 1. The highest BCUT2D eigenvalue weighted by molar-refractivity contribution is 7.09. The van der Waals surface area contributed by atoms with E-state index >= 15 is 0 Å². The molecule has 1 heterocycles. The topological polar surface area (TPSA) is 37.8 Å². The second kappa shape index (κ2) is 3.95. The minimum atomic E-state index is -4.48. The first kappa shape index (κ1) is 11.0. The van der Waals surface area contributed by atoms with E-state index in [1.807, 2.05) is 0 Å². The largest absolute Gasteiger partial charge is 0.452 e. The highest BCUT2D eigenvalue weighted by Crippen LogP contribution is 2.29. The lowest BCUT2D eigenvalue weighted by atomic mass is 10.3. The van der Waals surface area contributed by atoms with Gasteiger partial charge < -0.3 is 5.32 Å². The summed E-state index contributed by atoms with van der Waals surface area (Å²) in [5, 5.41) is 2.85. The van der Waals surface area contributed by atoms with Gasteiger partial charge in [-0.05, 0) is 6.92 Å². The highest BCUT2D eigenvalue weighted by atomic mass is 32.1. The molecule has 7 heteroatoms. The molecule has 0 aliphatic heterocycles. The van der Waals surface area contributed by atoms with Gasteiger partial charge in [-0.2, -0.15) is 22.5 Å². The Labute approximate surface area is 82.8 Å².